The van der Waals surface area contributed by atoms with Crippen molar-refractivity contribution in [2.45, 2.75) is 50.5 Å². The summed E-state index contributed by atoms with van der Waals surface area (Å²) in [5.41, 5.74) is 5.11. The molecule has 3 aliphatic carbocycles. The number of hydrogen-bond acceptors (Lipinski definition) is 7. The van der Waals surface area contributed by atoms with Crippen LogP contribution in [-0.2, 0) is 0 Å². The van der Waals surface area contributed by atoms with Gasteiger partial charge in [0, 0.05) is 65.1 Å². The lowest BCUT2D eigenvalue weighted by Crippen LogP contribution is -2.62. The van der Waals surface area contributed by atoms with Crippen molar-refractivity contribution in [1.29, 1.82) is 5.26 Å². The highest BCUT2D eigenvalue weighted by Crippen LogP contribution is 2.54. The molecule has 0 bridgehead atoms. The highest BCUT2D eigenvalue weighted by Gasteiger charge is 2.51. The number of halogens is 2. The number of anilines is 1. The molecule has 41 heavy (non-hydrogen) atoms. The number of ether oxygens (including phenoxy) is 1. The van der Waals surface area contributed by atoms with Gasteiger partial charge in [-0.1, -0.05) is 40.5 Å². The maximum atomic E-state index is 9.39. The molecule has 206 valence electrons. The largest absolute Gasteiger partial charge is 0.490 e. The van der Waals surface area contributed by atoms with Gasteiger partial charge in [-0.2, -0.15) is 5.26 Å². The van der Waals surface area contributed by atoms with Crippen LogP contribution in [0.4, 0.5) is 5.69 Å². The van der Waals surface area contributed by atoms with Crippen molar-refractivity contribution in [1.82, 2.24) is 15.1 Å². The van der Waals surface area contributed by atoms with Crippen LogP contribution in [-0.4, -0.2) is 34.3 Å². The average Bonchev–Trinajstić information content (AvgIpc) is 3.86. The van der Waals surface area contributed by atoms with Gasteiger partial charge in [0.1, 0.15) is 29.0 Å². The highest BCUT2D eigenvalue weighted by atomic mass is 35.5. The second-order valence-corrected chi connectivity index (χ2v) is 12.9. The molecule has 1 aromatic carbocycles. The van der Waals surface area contributed by atoms with Crippen LogP contribution in [0.15, 0.2) is 47.3 Å². The number of rotatable bonds is 7. The third-order valence-corrected chi connectivity index (χ3v) is 9.40. The molecule has 1 saturated heterocycles. The Balaban J connectivity index is 0.972. The maximum absolute atomic E-state index is 9.39. The van der Waals surface area contributed by atoms with Gasteiger partial charge in [-0.15, -0.1) is 0 Å². The van der Waals surface area contributed by atoms with Crippen molar-refractivity contribution in [2.75, 3.05) is 18.0 Å². The molecule has 0 unspecified atom stereocenters. The predicted octanol–water partition coefficient (Wildman–Crippen LogP) is 7.81. The molecule has 4 aliphatic rings. The van der Waals surface area contributed by atoms with Gasteiger partial charge < -0.3 is 14.2 Å². The van der Waals surface area contributed by atoms with Crippen LogP contribution in [0.25, 0.3) is 28.2 Å². The Morgan fingerprint density at radius 3 is 2.56 bits per heavy atom. The van der Waals surface area contributed by atoms with E-state index in [1.54, 1.807) is 18.5 Å². The third-order valence-electron chi connectivity index (χ3n) is 8.82. The SMILES string of the molecule is N#Cc1cc(OC2CC2)c2cc(N3CC4(CC(C=Cc5c(-c6c(Cl)cncc6Cl)noc5C5CC5)C4)C3)ccc2n1. The summed E-state index contributed by atoms with van der Waals surface area (Å²) >= 11 is 12.9. The molecule has 1 spiro atoms. The molecule has 7 nitrogen and oxygen atoms in total. The van der Waals surface area contributed by atoms with Gasteiger partial charge in [0.05, 0.1) is 21.7 Å². The van der Waals surface area contributed by atoms with Crippen molar-refractivity contribution < 1.29 is 9.26 Å². The fourth-order valence-electron chi connectivity index (χ4n) is 6.45. The monoisotopic (exact) mass is 583 g/mol. The van der Waals surface area contributed by atoms with E-state index >= 15 is 0 Å². The van der Waals surface area contributed by atoms with E-state index < -0.39 is 0 Å². The minimum atomic E-state index is 0.260. The lowest BCUT2D eigenvalue weighted by molar-refractivity contribution is 0.0486. The molecule has 1 aliphatic heterocycles. The summed E-state index contributed by atoms with van der Waals surface area (Å²) < 4.78 is 11.9. The number of fused-ring (bicyclic) bond motifs is 1. The van der Waals surface area contributed by atoms with E-state index in [-0.39, 0.29) is 6.10 Å². The molecule has 4 aromatic rings. The van der Waals surface area contributed by atoms with Crippen LogP contribution in [0.3, 0.4) is 0 Å². The second-order valence-electron chi connectivity index (χ2n) is 12.1. The summed E-state index contributed by atoms with van der Waals surface area (Å²) in [6.07, 6.45) is 14.6. The standard InChI is InChI=1S/C32H27Cl2N5O2/c33-25-14-36-15-26(34)29(25)30-23(31(41-38-30)19-2-3-19)7-1-18-11-32(12-18)16-39(17-32)21-4-8-27-24(10-21)28(40-22-5-6-22)9-20(13-35)37-27/h1,4,7-10,14-15,18-19,22H,2-3,5-6,11-12,16-17H2. The maximum Gasteiger partial charge on any atom is 0.147 e. The first-order chi connectivity index (χ1) is 20.0. The number of hydrogen-bond donors (Lipinski definition) is 0. The van der Waals surface area contributed by atoms with Crippen LogP contribution < -0.4 is 9.64 Å². The number of nitriles is 1. The summed E-state index contributed by atoms with van der Waals surface area (Å²) in [6, 6.07) is 10.2. The first kappa shape index (κ1) is 25.1. The van der Waals surface area contributed by atoms with Crippen LogP contribution >= 0.6 is 23.2 Å². The predicted molar refractivity (Wildman–Crippen MR) is 158 cm³/mol. The minimum absolute atomic E-state index is 0.260. The van der Waals surface area contributed by atoms with Crippen molar-refractivity contribution in [2.24, 2.45) is 11.3 Å². The molecule has 3 saturated carbocycles. The van der Waals surface area contributed by atoms with E-state index in [1.807, 2.05) is 6.07 Å². The van der Waals surface area contributed by atoms with Gasteiger partial charge in [0.15, 0.2) is 0 Å². The van der Waals surface area contributed by atoms with Gasteiger partial charge in [0.2, 0.25) is 0 Å². The molecule has 0 N–H and O–H groups in total. The number of nitrogens with zero attached hydrogens (tertiary/aromatic N) is 5. The van der Waals surface area contributed by atoms with Crippen LogP contribution in [0.1, 0.15) is 61.5 Å². The van der Waals surface area contributed by atoms with E-state index in [1.165, 1.54) is 5.69 Å². The van der Waals surface area contributed by atoms with Crippen LogP contribution in [0, 0.1) is 22.7 Å². The first-order valence-corrected chi connectivity index (χ1v) is 15.0. The molecular formula is C32H27Cl2N5O2. The zero-order valence-electron chi connectivity index (χ0n) is 22.3. The molecule has 8 rings (SSSR count). The van der Waals surface area contributed by atoms with Crippen LogP contribution in [0.2, 0.25) is 10.0 Å². The Hall–Kier alpha value is -3.60. The zero-order chi connectivity index (χ0) is 27.7. The summed E-state index contributed by atoms with van der Waals surface area (Å²) in [5.74, 6) is 2.64. The van der Waals surface area contributed by atoms with E-state index in [2.05, 4.69) is 50.4 Å². The molecule has 3 aromatic heterocycles. The fourth-order valence-corrected chi connectivity index (χ4v) is 7.00. The molecule has 0 radical (unpaired) electrons. The van der Waals surface area contributed by atoms with E-state index in [0.29, 0.717) is 44.2 Å². The molecule has 4 heterocycles. The van der Waals surface area contributed by atoms with Crippen molar-refractivity contribution in [3.05, 3.63) is 69.8 Å². The number of aromatic nitrogens is 3. The van der Waals surface area contributed by atoms with E-state index in [9.17, 15) is 5.26 Å². The van der Waals surface area contributed by atoms with Crippen LogP contribution in [0.5, 0.6) is 5.75 Å². The van der Waals surface area contributed by atoms with Gasteiger partial charge >= 0.3 is 0 Å². The fraction of sp³-hybridized carbons (Fsp3) is 0.375. The smallest absolute Gasteiger partial charge is 0.147 e. The van der Waals surface area contributed by atoms with Crippen molar-refractivity contribution in [3.63, 3.8) is 0 Å². The third kappa shape index (κ3) is 4.54. The molecule has 4 fully saturated rings. The Morgan fingerprint density at radius 1 is 1.07 bits per heavy atom. The lowest BCUT2D eigenvalue weighted by Gasteiger charge is -2.59. The second kappa shape index (κ2) is 9.47. The number of pyridine rings is 2. The molecule has 0 atom stereocenters. The topological polar surface area (TPSA) is 88.1 Å². The van der Waals surface area contributed by atoms with Gasteiger partial charge in [-0.05, 0) is 62.6 Å². The lowest BCUT2D eigenvalue weighted by atomic mass is 9.57. The molecule has 0 amide bonds. The zero-order valence-corrected chi connectivity index (χ0v) is 23.8. The highest BCUT2D eigenvalue weighted by molar-refractivity contribution is 6.39. The summed E-state index contributed by atoms with van der Waals surface area (Å²) in [6.45, 7) is 2.08. The Morgan fingerprint density at radius 2 is 1.85 bits per heavy atom. The van der Waals surface area contributed by atoms with Gasteiger partial charge in [-0.25, -0.2) is 4.98 Å². The Kier molecular flexibility index (Phi) is 5.81. The molecule has 9 heteroatoms. The van der Waals surface area contributed by atoms with E-state index in [4.69, 9.17) is 32.5 Å². The van der Waals surface area contributed by atoms with Crippen molar-refractivity contribution >= 4 is 45.9 Å². The normalized spacial score (nSPS) is 19.9. The first-order valence-electron chi connectivity index (χ1n) is 14.2. The average molecular weight is 585 g/mol. The number of allylic oxidation sites excluding steroid dienone is 1. The van der Waals surface area contributed by atoms with E-state index in [0.717, 1.165) is 79.6 Å². The Bertz CT molecular complexity index is 1730. The van der Waals surface area contributed by atoms with Crippen molar-refractivity contribution in [3.8, 4) is 23.1 Å². The summed E-state index contributed by atoms with van der Waals surface area (Å²) in [5, 5.41) is 15.7. The van der Waals surface area contributed by atoms with Gasteiger partial charge in [-0.3, -0.25) is 4.98 Å². The summed E-state index contributed by atoms with van der Waals surface area (Å²) in [4.78, 5) is 11.0. The quantitative estimate of drug-likeness (QED) is 0.219. The molecular weight excluding hydrogens is 557 g/mol. The summed E-state index contributed by atoms with van der Waals surface area (Å²) in [7, 11) is 0. The van der Waals surface area contributed by atoms with Gasteiger partial charge in [0.25, 0.3) is 0 Å². The number of benzene rings is 1. The Labute approximate surface area is 247 Å². The minimum Gasteiger partial charge on any atom is -0.490 e.